The zero-order valence-corrected chi connectivity index (χ0v) is 11.5. The van der Waals surface area contributed by atoms with Gasteiger partial charge in [-0.2, -0.15) is 0 Å². The maximum Gasteiger partial charge on any atom is 0.408 e. The molecule has 5 atom stereocenters. The Balaban J connectivity index is 1.83. The van der Waals surface area contributed by atoms with Crippen molar-refractivity contribution >= 4 is 12.1 Å². The Hall–Kier alpha value is -1.38. The molecule has 0 radical (unpaired) electrons. The van der Waals surface area contributed by atoms with Gasteiger partial charge in [0.15, 0.2) is 11.9 Å². The number of carbonyl (C=O) groups is 2. The summed E-state index contributed by atoms with van der Waals surface area (Å²) < 4.78 is 27.3. The zero-order valence-electron chi connectivity index (χ0n) is 11.5. The van der Waals surface area contributed by atoms with Crippen LogP contribution in [0.5, 0.6) is 0 Å². The summed E-state index contributed by atoms with van der Waals surface area (Å²) in [4.78, 5) is 22.6. The normalized spacial score (nSPS) is 42.0. The lowest BCUT2D eigenvalue weighted by Gasteiger charge is -2.47. The van der Waals surface area contributed by atoms with E-state index in [0.29, 0.717) is 0 Å². The Labute approximate surface area is 115 Å². The molecule has 0 unspecified atom stereocenters. The van der Waals surface area contributed by atoms with Crippen LogP contribution in [0.15, 0.2) is 0 Å². The molecule has 20 heavy (non-hydrogen) atoms. The summed E-state index contributed by atoms with van der Waals surface area (Å²) in [7, 11) is 0. The molecular weight excluding hydrogens is 270 g/mol. The van der Waals surface area contributed by atoms with Crippen LogP contribution < -0.4 is 5.32 Å². The Morgan fingerprint density at radius 2 is 2.15 bits per heavy atom. The molecule has 3 aliphatic rings. The molecule has 3 saturated heterocycles. The van der Waals surface area contributed by atoms with Crippen molar-refractivity contribution < 1.29 is 33.3 Å². The standard InChI is InChI=1S/C12H17NO7/c1-5(14)17-10-7-9(19-11(15)13-7)8-6(18-10)4-16-12(2,3)20-8/h6-10H,4H2,1-3H3,(H,13,15)/t6-,7+,8-,9-,10-/m1/s1. The van der Waals surface area contributed by atoms with Crippen molar-refractivity contribution in [2.24, 2.45) is 0 Å². The van der Waals surface area contributed by atoms with E-state index in [0.717, 1.165) is 0 Å². The fourth-order valence-corrected chi connectivity index (χ4v) is 2.68. The van der Waals surface area contributed by atoms with E-state index < -0.39 is 48.5 Å². The first-order valence-electron chi connectivity index (χ1n) is 6.47. The number of alkyl carbamates (subject to hydrolysis) is 1. The van der Waals surface area contributed by atoms with Crippen LogP contribution in [0.3, 0.4) is 0 Å². The Bertz CT molecular complexity index is 438. The molecule has 8 heteroatoms. The molecule has 1 N–H and O–H groups in total. The van der Waals surface area contributed by atoms with Crippen molar-refractivity contribution in [1.29, 1.82) is 0 Å². The second-order valence-corrected chi connectivity index (χ2v) is 5.49. The van der Waals surface area contributed by atoms with Gasteiger partial charge in [-0.05, 0) is 13.8 Å². The maximum absolute atomic E-state index is 11.5. The Kier molecular flexibility index (Phi) is 3.11. The summed E-state index contributed by atoms with van der Waals surface area (Å²) in [5.41, 5.74) is 0. The molecule has 3 rings (SSSR count). The summed E-state index contributed by atoms with van der Waals surface area (Å²) >= 11 is 0. The minimum Gasteiger partial charge on any atom is -0.441 e. The largest absolute Gasteiger partial charge is 0.441 e. The van der Waals surface area contributed by atoms with E-state index in [-0.39, 0.29) is 6.61 Å². The molecule has 0 spiro atoms. The van der Waals surface area contributed by atoms with Gasteiger partial charge in [0.05, 0.1) is 6.61 Å². The number of esters is 1. The van der Waals surface area contributed by atoms with E-state index in [4.69, 9.17) is 23.7 Å². The Morgan fingerprint density at radius 1 is 1.40 bits per heavy atom. The second kappa shape index (κ2) is 4.57. The van der Waals surface area contributed by atoms with Gasteiger partial charge in [0.2, 0.25) is 6.29 Å². The van der Waals surface area contributed by atoms with Crippen LogP contribution in [0.1, 0.15) is 20.8 Å². The van der Waals surface area contributed by atoms with Crippen LogP contribution in [0.25, 0.3) is 0 Å². The van der Waals surface area contributed by atoms with Crippen LogP contribution in [0.2, 0.25) is 0 Å². The number of rotatable bonds is 1. The van der Waals surface area contributed by atoms with Gasteiger partial charge >= 0.3 is 12.1 Å². The SMILES string of the molecule is CC(=O)O[C@@H]1O[C@@H]2COC(C)(C)O[C@H]2[C@@H]2OC(=O)N[C@H]12. The third-order valence-corrected chi connectivity index (χ3v) is 3.47. The quantitative estimate of drug-likeness (QED) is 0.673. The molecule has 3 fully saturated rings. The summed E-state index contributed by atoms with van der Waals surface area (Å²) in [6.45, 7) is 5.11. The minimum atomic E-state index is -0.904. The van der Waals surface area contributed by atoms with Gasteiger partial charge in [0.25, 0.3) is 0 Å². The van der Waals surface area contributed by atoms with E-state index in [1.54, 1.807) is 13.8 Å². The zero-order chi connectivity index (χ0) is 14.5. The van der Waals surface area contributed by atoms with E-state index in [1.807, 2.05) is 0 Å². The number of hydrogen-bond acceptors (Lipinski definition) is 7. The van der Waals surface area contributed by atoms with Crippen LogP contribution in [-0.2, 0) is 28.5 Å². The molecular formula is C12H17NO7. The molecule has 3 heterocycles. The van der Waals surface area contributed by atoms with Gasteiger partial charge in [0.1, 0.15) is 18.2 Å². The summed E-state index contributed by atoms with van der Waals surface area (Å²) in [5.74, 6) is -1.27. The molecule has 112 valence electrons. The first-order chi connectivity index (χ1) is 9.35. The lowest BCUT2D eigenvalue weighted by molar-refractivity contribution is -0.359. The van der Waals surface area contributed by atoms with Crippen LogP contribution in [-0.4, -0.2) is 55.1 Å². The van der Waals surface area contributed by atoms with Gasteiger partial charge in [0, 0.05) is 6.92 Å². The van der Waals surface area contributed by atoms with E-state index >= 15 is 0 Å². The number of nitrogens with one attached hydrogen (secondary N) is 1. The molecule has 8 nitrogen and oxygen atoms in total. The average Bonchev–Trinajstić information content (AvgIpc) is 2.71. The first kappa shape index (κ1) is 13.6. The van der Waals surface area contributed by atoms with Crippen molar-refractivity contribution in [3.8, 4) is 0 Å². The minimum absolute atomic E-state index is 0.274. The van der Waals surface area contributed by atoms with Crippen LogP contribution >= 0.6 is 0 Å². The maximum atomic E-state index is 11.5. The predicted octanol–water partition coefficient (Wildman–Crippen LogP) is -0.0971. The van der Waals surface area contributed by atoms with Gasteiger partial charge in [-0.25, -0.2) is 4.79 Å². The number of hydrogen-bond donors (Lipinski definition) is 1. The van der Waals surface area contributed by atoms with Gasteiger partial charge in [-0.1, -0.05) is 0 Å². The third-order valence-electron chi connectivity index (χ3n) is 3.47. The van der Waals surface area contributed by atoms with Crippen molar-refractivity contribution in [3.05, 3.63) is 0 Å². The topological polar surface area (TPSA) is 92.3 Å². The van der Waals surface area contributed by atoms with Gasteiger partial charge in [-0.3, -0.25) is 4.79 Å². The molecule has 3 aliphatic heterocycles. The molecule has 0 aliphatic carbocycles. The van der Waals surface area contributed by atoms with Crippen LogP contribution in [0, 0.1) is 0 Å². The fourth-order valence-electron chi connectivity index (χ4n) is 2.68. The molecule has 0 aromatic carbocycles. The van der Waals surface area contributed by atoms with E-state index in [9.17, 15) is 9.59 Å². The monoisotopic (exact) mass is 287 g/mol. The smallest absolute Gasteiger partial charge is 0.408 e. The summed E-state index contributed by atoms with van der Waals surface area (Å²) in [6, 6.07) is -0.582. The fraction of sp³-hybridized carbons (Fsp3) is 0.833. The summed E-state index contributed by atoms with van der Waals surface area (Å²) in [6.07, 6.45) is -2.97. The molecule has 0 aromatic rings. The van der Waals surface area contributed by atoms with Gasteiger partial charge in [-0.15, -0.1) is 0 Å². The number of ether oxygens (including phenoxy) is 5. The Morgan fingerprint density at radius 3 is 2.85 bits per heavy atom. The second-order valence-electron chi connectivity index (χ2n) is 5.49. The number of carbonyl (C=O) groups excluding carboxylic acids is 2. The third kappa shape index (κ3) is 2.34. The van der Waals surface area contributed by atoms with E-state index in [2.05, 4.69) is 5.32 Å². The molecule has 0 bridgehead atoms. The highest BCUT2D eigenvalue weighted by molar-refractivity contribution is 5.71. The molecule has 1 amide bonds. The highest BCUT2D eigenvalue weighted by Gasteiger charge is 2.57. The molecule has 0 saturated carbocycles. The highest BCUT2D eigenvalue weighted by atomic mass is 16.8. The van der Waals surface area contributed by atoms with Gasteiger partial charge < -0.3 is 29.0 Å². The van der Waals surface area contributed by atoms with E-state index in [1.165, 1.54) is 6.92 Å². The van der Waals surface area contributed by atoms with Crippen molar-refractivity contribution in [2.75, 3.05) is 6.61 Å². The highest BCUT2D eigenvalue weighted by Crippen LogP contribution is 2.35. The number of fused-ring (bicyclic) bond motifs is 3. The lowest BCUT2D eigenvalue weighted by atomic mass is 9.96. The van der Waals surface area contributed by atoms with Crippen molar-refractivity contribution in [1.82, 2.24) is 5.32 Å². The van der Waals surface area contributed by atoms with Crippen molar-refractivity contribution in [3.63, 3.8) is 0 Å². The summed E-state index contributed by atoms with van der Waals surface area (Å²) in [5, 5.41) is 2.59. The number of amides is 1. The predicted molar refractivity (Wildman–Crippen MR) is 62.5 cm³/mol. The first-order valence-corrected chi connectivity index (χ1v) is 6.47. The molecule has 0 aromatic heterocycles. The van der Waals surface area contributed by atoms with Crippen LogP contribution in [0.4, 0.5) is 4.79 Å². The van der Waals surface area contributed by atoms with Crippen molar-refractivity contribution in [2.45, 2.75) is 57.2 Å². The lowest BCUT2D eigenvalue weighted by Crippen LogP contribution is -2.65. The average molecular weight is 287 g/mol.